The minimum atomic E-state index is -0.204. The van der Waals surface area contributed by atoms with Gasteiger partial charge in [-0.25, -0.2) is 0 Å². The number of amides is 1. The Morgan fingerprint density at radius 3 is 2.74 bits per heavy atom. The highest BCUT2D eigenvalue weighted by atomic mass is 79.9. The van der Waals surface area contributed by atoms with E-state index in [4.69, 9.17) is 16.0 Å². The van der Waals surface area contributed by atoms with Crippen LogP contribution in [-0.2, 0) is 6.54 Å². The molecule has 0 aliphatic heterocycles. The highest BCUT2D eigenvalue weighted by Crippen LogP contribution is 2.21. The molecular formula is C14H13BrClNO2. The monoisotopic (exact) mass is 341 g/mol. The van der Waals surface area contributed by atoms with Crippen LogP contribution in [0.1, 0.15) is 27.4 Å². The number of nitrogens with one attached hydrogen (secondary N) is 1. The fourth-order valence-corrected chi connectivity index (χ4v) is 2.37. The largest absolute Gasteiger partial charge is 0.466 e. The molecule has 1 aromatic carbocycles. The number of benzene rings is 1. The first-order chi connectivity index (χ1) is 8.97. The van der Waals surface area contributed by atoms with Crippen LogP contribution in [-0.4, -0.2) is 5.91 Å². The van der Waals surface area contributed by atoms with E-state index in [1.54, 1.807) is 18.2 Å². The summed E-state index contributed by atoms with van der Waals surface area (Å²) in [6, 6.07) is 7.10. The Hall–Kier alpha value is -1.26. The van der Waals surface area contributed by atoms with Crippen molar-refractivity contribution in [2.24, 2.45) is 0 Å². The number of hydrogen-bond donors (Lipinski definition) is 1. The van der Waals surface area contributed by atoms with Gasteiger partial charge in [-0.2, -0.15) is 0 Å². The van der Waals surface area contributed by atoms with Gasteiger partial charge in [0.25, 0.3) is 5.91 Å². The maximum atomic E-state index is 12.1. The summed E-state index contributed by atoms with van der Waals surface area (Å²) in [5, 5.41) is 3.26. The number of halogens is 2. The van der Waals surface area contributed by atoms with Crippen LogP contribution in [0.4, 0.5) is 0 Å². The number of carbonyl (C=O) groups is 1. The van der Waals surface area contributed by atoms with E-state index in [9.17, 15) is 4.79 Å². The van der Waals surface area contributed by atoms with Crippen molar-refractivity contribution >= 4 is 33.4 Å². The third kappa shape index (κ3) is 3.39. The third-order valence-corrected chi connectivity index (χ3v) is 3.58. The molecule has 0 aliphatic rings. The molecule has 0 fully saturated rings. The molecule has 0 saturated heterocycles. The first-order valence-corrected chi connectivity index (χ1v) is 6.93. The average Bonchev–Trinajstić information content (AvgIpc) is 2.68. The summed E-state index contributed by atoms with van der Waals surface area (Å²) in [4.78, 5) is 12.1. The van der Waals surface area contributed by atoms with Crippen LogP contribution >= 0.6 is 27.5 Å². The molecule has 3 nitrogen and oxygen atoms in total. The van der Waals surface area contributed by atoms with Gasteiger partial charge < -0.3 is 9.73 Å². The second-order valence-corrected chi connectivity index (χ2v) is 5.57. The van der Waals surface area contributed by atoms with Crippen molar-refractivity contribution in [3.8, 4) is 0 Å². The second-order valence-electron chi connectivity index (χ2n) is 4.25. The first-order valence-electron chi connectivity index (χ1n) is 5.76. The van der Waals surface area contributed by atoms with Gasteiger partial charge in [-0.15, -0.1) is 0 Å². The standard InChI is InChI=1S/C14H13BrClNO2/c1-8-5-10(9(2)19-8)7-17-14(18)12-6-11(15)3-4-13(12)16/h3-6H,7H2,1-2H3,(H,17,18). The molecule has 2 aromatic rings. The second kappa shape index (κ2) is 5.80. The summed E-state index contributed by atoms with van der Waals surface area (Å²) in [5.74, 6) is 1.45. The number of aryl methyl sites for hydroxylation is 2. The maximum Gasteiger partial charge on any atom is 0.253 e. The highest BCUT2D eigenvalue weighted by molar-refractivity contribution is 9.10. The summed E-state index contributed by atoms with van der Waals surface area (Å²) in [6.07, 6.45) is 0. The zero-order valence-electron chi connectivity index (χ0n) is 10.6. The summed E-state index contributed by atoms with van der Waals surface area (Å²) < 4.78 is 6.23. The molecule has 5 heteroatoms. The van der Waals surface area contributed by atoms with Gasteiger partial charge >= 0.3 is 0 Å². The lowest BCUT2D eigenvalue weighted by molar-refractivity contribution is 0.0951. The molecule has 1 amide bonds. The van der Waals surface area contributed by atoms with Crippen LogP contribution < -0.4 is 5.32 Å². The number of hydrogen-bond acceptors (Lipinski definition) is 2. The Kier molecular flexibility index (Phi) is 4.32. The van der Waals surface area contributed by atoms with E-state index < -0.39 is 0 Å². The average molecular weight is 343 g/mol. The highest BCUT2D eigenvalue weighted by Gasteiger charge is 2.12. The molecule has 0 spiro atoms. The van der Waals surface area contributed by atoms with Crippen molar-refractivity contribution in [3.63, 3.8) is 0 Å². The maximum absolute atomic E-state index is 12.1. The minimum Gasteiger partial charge on any atom is -0.466 e. The lowest BCUT2D eigenvalue weighted by atomic mass is 10.2. The number of furan rings is 1. The fourth-order valence-electron chi connectivity index (χ4n) is 1.80. The lowest BCUT2D eigenvalue weighted by Crippen LogP contribution is -2.23. The Morgan fingerprint density at radius 2 is 2.11 bits per heavy atom. The van der Waals surface area contributed by atoms with E-state index >= 15 is 0 Å². The van der Waals surface area contributed by atoms with Crippen LogP contribution in [0.15, 0.2) is 33.2 Å². The van der Waals surface area contributed by atoms with Crippen LogP contribution in [0.3, 0.4) is 0 Å². The van der Waals surface area contributed by atoms with Crippen molar-refractivity contribution in [1.82, 2.24) is 5.32 Å². The van der Waals surface area contributed by atoms with E-state index in [0.29, 0.717) is 17.1 Å². The zero-order chi connectivity index (χ0) is 14.0. The van der Waals surface area contributed by atoms with Gasteiger partial charge in [0.2, 0.25) is 0 Å². The van der Waals surface area contributed by atoms with Gasteiger partial charge in [-0.05, 0) is 38.1 Å². The third-order valence-electron chi connectivity index (χ3n) is 2.76. The van der Waals surface area contributed by atoms with Gasteiger partial charge in [0.1, 0.15) is 11.5 Å². The van der Waals surface area contributed by atoms with Crippen molar-refractivity contribution in [3.05, 3.63) is 56.4 Å². The minimum absolute atomic E-state index is 0.204. The molecule has 100 valence electrons. The summed E-state index contributed by atoms with van der Waals surface area (Å²) in [7, 11) is 0. The van der Waals surface area contributed by atoms with Gasteiger partial charge in [0.15, 0.2) is 0 Å². The van der Waals surface area contributed by atoms with Crippen molar-refractivity contribution in [1.29, 1.82) is 0 Å². The van der Waals surface area contributed by atoms with Crippen molar-refractivity contribution in [2.75, 3.05) is 0 Å². The number of carbonyl (C=O) groups excluding carboxylic acids is 1. The van der Waals surface area contributed by atoms with E-state index in [0.717, 1.165) is 21.6 Å². The van der Waals surface area contributed by atoms with Crippen LogP contribution in [0, 0.1) is 13.8 Å². The topological polar surface area (TPSA) is 42.2 Å². The van der Waals surface area contributed by atoms with E-state index in [2.05, 4.69) is 21.2 Å². The summed E-state index contributed by atoms with van der Waals surface area (Å²) in [6.45, 7) is 4.18. The molecule has 1 aromatic heterocycles. The van der Waals surface area contributed by atoms with Crippen molar-refractivity contribution in [2.45, 2.75) is 20.4 Å². The molecule has 0 atom stereocenters. The predicted molar refractivity (Wildman–Crippen MR) is 78.5 cm³/mol. The molecule has 1 N–H and O–H groups in total. The Balaban J connectivity index is 2.09. The molecule has 0 radical (unpaired) electrons. The molecule has 19 heavy (non-hydrogen) atoms. The Morgan fingerprint density at radius 1 is 1.37 bits per heavy atom. The van der Waals surface area contributed by atoms with E-state index in [-0.39, 0.29) is 5.91 Å². The molecule has 0 bridgehead atoms. The van der Waals surface area contributed by atoms with Gasteiger partial charge in [-0.3, -0.25) is 4.79 Å². The van der Waals surface area contributed by atoms with Crippen molar-refractivity contribution < 1.29 is 9.21 Å². The molecule has 0 saturated carbocycles. The summed E-state index contributed by atoms with van der Waals surface area (Å²) in [5.41, 5.74) is 1.42. The SMILES string of the molecule is Cc1cc(CNC(=O)c2cc(Br)ccc2Cl)c(C)o1. The quantitative estimate of drug-likeness (QED) is 0.906. The fraction of sp³-hybridized carbons (Fsp3) is 0.214. The normalized spacial score (nSPS) is 10.5. The van der Waals surface area contributed by atoms with E-state index in [1.807, 2.05) is 19.9 Å². The Labute approximate surface area is 125 Å². The predicted octanol–water partition coefficient (Wildman–Crippen LogP) is 4.24. The van der Waals surface area contributed by atoms with Crippen LogP contribution in [0.5, 0.6) is 0 Å². The van der Waals surface area contributed by atoms with Gasteiger partial charge in [0.05, 0.1) is 10.6 Å². The molecule has 0 aliphatic carbocycles. The van der Waals surface area contributed by atoms with Crippen LogP contribution in [0.25, 0.3) is 0 Å². The Bertz CT molecular complexity index is 622. The van der Waals surface area contributed by atoms with E-state index in [1.165, 1.54) is 0 Å². The number of rotatable bonds is 3. The molecule has 1 heterocycles. The van der Waals surface area contributed by atoms with Gasteiger partial charge in [0, 0.05) is 16.6 Å². The first kappa shape index (κ1) is 14.2. The molecule has 0 unspecified atom stereocenters. The molecule has 2 rings (SSSR count). The zero-order valence-corrected chi connectivity index (χ0v) is 12.9. The van der Waals surface area contributed by atoms with Gasteiger partial charge in [-0.1, -0.05) is 27.5 Å². The summed E-state index contributed by atoms with van der Waals surface area (Å²) >= 11 is 9.33. The van der Waals surface area contributed by atoms with Crippen LogP contribution in [0.2, 0.25) is 5.02 Å². The molecular weight excluding hydrogens is 330 g/mol. The smallest absolute Gasteiger partial charge is 0.253 e. The lowest BCUT2D eigenvalue weighted by Gasteiger charge is -2.06.